The normalized spacial score (nSPS) is 11.8. The van der Waals surface area contributed by atoms with Gasteiger partial charge in [-0.05, 0) is 46.7 Å². The van der Waals surface area contributed by atoms with Crippen LogP contribution in [0.1, 0.15) is 18.3 Å². The molecule has 0 spiro atoms. The van der Waals surface area contributed by atoms with Crippen LogP contribution in [0, 0.1) is 5.82 Å². The molecule has 0 aliphatic heterocycles. The van der Waals surface area contributed by atoms with E-state index in [1.807, 2.05) is 13.0 Å². The van der Waals surface area contributed by atoms with Gasteiger partial charge in [0.2, 0.25) is 0 Å². The second-order valence-corrected chi connectivity index (χ2v) is 3.51. The third-order valence-corrected chi connectivity index (χ3v) is 2.23. The summed E-state index contributed by atoms with van der Waals surface area (Å²) in [6.07, 6.45) is 1.91. The number of nitrogens with zero attached hydrogens (tertiary/aromatic N) is 4. The van der Waals surface area contributed by atoms with Crippen LogP contribution in [0.5, 0.6) is 0 Å². The van der Waals surface area contributed by atoms with Crippen molar-refractivity contribution in [1.29, 1.82) is 0 Å². The molecule has 0 radical (unpaired) electrons. The molecule has 0 unspecified atom stereocenters. The van der Waals surface area contributed by atoms with Crippen LogP contribution in [-0.2, 0) is 7.05 Å². The molecule has 5 heteroatoms. The van der Waals surface area contributed by atoms with Gasteiger partial charge in [-0.15, -0.1) is 5.10 Å². The Morgan fingerprint density at radius 1 is 1.31 bits per heavy atom. The molecule has 0 saturated heterocycles. The first-order chi connectivity index (χ1) is 7.66. The van der Waals surface area contributed by atoms with Gasteiger partial charge in [0.25, 0.3) is 0 Å². The summed E-state index contributed by atoms with van der Waals surface area (Å²) < 4.78 is 14.3. The summed E-state index contributed by atoms with van der Waals surface area (Å²) >= 11 is 0. The van der Waals surface area contributed by atoms with E-state index in [9.17, 15) is 4.39 Å². The van der Waals surface area contributed by atoms with E-state index in [0.29, 0.717) is 5.82 Å². The molecule has 82 valence electrons. The number of tetrazole rings is 1. The second kappa shape index (κ2) is 4.22. The maximum atomic E-state index is 12.7. The molecule has 0 bridgehead atoms. The Kier molecular flexibility index (Phi) is 2.76. The van der Waals surface area contributed by atoms with Crippen molar-refractivity contribution in [2.45, 2.75) is 6.92 Å². The number of halogens is 1. The van der Waals surface area contributed by atoms with Crippen molar-refractivity contribution in [2.75, 3.05) is 0 Å². The molecule has 0 aliphatic rings. The lowest BCUT2D eigenvalue weighted by Crippen LogP contribution is -1.96. The second-order valence-electron chi connectivity index (χ2n) is 3.51. The van der Waals surface area contributed by atoms with Crippen molar-refractivity contribution in [1.82, 2.24) is 20.2 Å². The molecule has 0 N–H and O–H groups in total. The highest BCUT2D eigenvalue weighted by atomic mass is 19.1. The van der Waals surface area contributed by atoms with Crippen molar-refractivity contribution < 1.29 is 4.39 Å². The zero-order valence-electron chi connectivity index (χ0n) is 9.05. The zero-order valence-corrected chi connectivity index (χ0v) is 9.05. The highest BCUT2D eigenvalue weighted by Crippen LogP contribution is 2.14. The van der Waals surface area contributed by atoms with Crippen molar-refractivity contribution >= 4 is 11.6 Å². The highest BCUT2D eigenvalue weighted by molar-refractivity contribution is 5.76. The van der Waals surface area contributed by atoms with Gasteiger partial charge in [0.1, 0.15) is 5.82 Å². The van der Waals surface area contributed by atoms with Crippen LogP contribution in [0.4, 0.5) is 4.39 Å². The molecule has 2 rings (SSSR count). The molecule has 0 atom stereocenters. The SMILES string of the molecule is CC(=Cc1ccc(F)cc1)c1nnnn1C. The minimum absolute atomic E-state index is 0.241. The number of benzene rings is 1. The van der Waals surface area contributed by atoms with Gasteiger partial charge in [0.05, 0.1) is 0 Å². The van der Waals surface area contributed by atoms with Crippen molar-refractivity contribution in [2.24, 2.45) is 7.05 Å². The van der Waals surface area contributed by atoms with E-state index in [1.54, 1.807) is 23.9 Å². The molecule has 16 heavy (non-hydrogen) atoms. The van der Waals surface area contributed by atoms with Crippen molar-refractivity contribution in [3.63, 3.8) is 0 Å². The molecule has 0 saturated carbocycles. The number of aromatic nitrogens is 4. The van der Waals surface area contributed by atoms with Crippen LogP contribution < -0.4 is 0 Å². The van der Waals surface area contributed by atoms with Crippen molar-refractivity contribution in [3.05, 3.63) is 41.5 Å². The summed E-state index contributed by atoms with van der Waals surface area (Å²) in [5.41, 5.74) is 1.85. The molecule has 0 aliphatic carbocycles. The third kappa shape index (κ3) is 2.13. The fourth-order valence-corrected chi connectivity index (χ4v) is 1.44. The third-order valence-electron chi connectivity index (χ3n) is 2.23. The molecule has 0 amide bonds. The Labute approximate surface area is 92.4 Å². The minimum atomic E-state index is -0.241. The average molecular weight is 218 g/mol. The van der Waals surface area contributed by atoms with Gasteiger partial charge in [-0.25, -0.2) is 9.07 Å². The molecular weight excluding hydrogens is 207 g/mol. The quantitative estimate of drug-likeness (QED) is 0.773. The van der Waals surface area contributed by atoms with Gasteiger partial charge in [0.15, 0.2) is 5.82 Å². The maximum absolute atomic E-state index is 12.7. The van der Waals surface area contributed by atoms with E-state index in [0.717, 1.165) is 11.1 Å². The van der Waals surface area contributed by atoms with Gasteiger partial charge in [-0.3, -0.25) is 0 Å². The average Bonchev–Trinajstić information content (AvgIpc) is 2.68. The summed E-state index contributed by atoms with van der Waals surface area (Å²) in [6, 6.07) is 6.27. The zero-order chi connectivity index (χ0) is 11.5. The van der Waals surface area contributed by atoms with E-state index >= 15 is 0 Å². The lowest BCUT2D eigenvalue weighted by molar-refractivity contribution is 0.628. The van der Waals surface area contributed by atoms with Crippen LogP contribution in [0.2, 0.25) is 0 Å². The van der Waals surface area contributed by atoms with Crippen LogP contribution in [0.15, 0.2) is 24.3 Å². The fourth-order valence-electron chi connectivity index (χ4n) is 1.44. The van der Waals surface area contributed by atoms with Crippen molar-refractivity contribution in [3.8, 4) is 0 Å². The summed E-state index contributed by atoms with van der Waals surface area (Å²) in [5, 5.41) is 11.2. The molecular formula is C11H11FN4. The predicted octanol–water partition coefficient (Wildman–Crippen LogP) is 1.91. The predicted molar refractivity (Wildman–Crippen MR) is 58.7 cm³/mol. The van der Waals surface area contributed by atoms with Gasteiger partial charge in [-0.1, -0.05) is 12.1 Å². The number of allylic oxidation sites excluding steroid dienone is 1. The fraction of sp³-hybridized carbons (Fsp3) is 0.182. The summed E-state index contributed by atoms with van der Waals surface area (Å²) in [7, 11) is 1.78. The van der Waals surface area contributed by atoms with E-state index < -0.39 is 0 Å². The molecule has 2 aromatic rings. The number of hydrogen-bond acceptors (Lipinski definition) is 3. The van der Waals surface area contributed by atoms with Gasteiger partial charge >= 0.3 is 0 Å². The largest absolute Gasteiger partial charge is 0.229 e. The van der Waals surface area contributed by atoms with E-state index in [2.05, 4.69) is 15.5 Å². The summed E-state index contributed by atoms with van der Waals surface area (Å²) in [6.45, 7) is 1.91. The maximum Gasteiger partial charge on any atom is 0.177 e. The van der Waals surface area contributed by atoms with E-state index in [1.165, 1.54) is 12.1 Å². The first-order valence-electron chi connectivity index (χ1n) is 4.83. The smallest absolute Gasteiger partial charge is 0.177 e. The van der Waals surface area contributed by atoms with Crippen LogP contribution >= 0.6 is 0 Å². The molecule has 1 aromatic carbocycles. The number of hydrogen-bond donors (Lipinski definition) is 0. The molecule has 4 nitrogen and oxygen atoms in total. The molecule has 1 heterocycles. The minimum Gasteiger partial charge on any atom is -0.229 e. The lowest BCUT2D eigenvalue weighted by atomic mass is 10.1. The Morgan fingerprint density at radius 2 is 2.00 bits per heavy atom. The summed E-state index contributed by atoms with van der Waals surface area (Å²) in [5.74, 6) is 0.458. The van der Waals surface area contributed by atoms with Crippen LogP contribution in [-0.4, -0.2) is 20.2 Å². The Balaban J connectivity index is 2.31. The first kappa shape index (κ1) is 10.5. The Morgan fingerprint density at radius 3 is 2.56 bits per heavy atom. The topological polar surface area (TPSA) is 43.6 Å². The molecule has 1 aromatic heterocycles. The van der Waals surface area contributed by atoms with Gasteiger partial charge in [-0.2, -0.15) is 0 Å². The monoisotopic (exact) mass is 218 g/mol. The Hall–Kier alpha value is -2.04. The highest BCUT2D eigenvalue weighted by Gasteiger charge is 2.03. The molecule has 0 fully saturated rings. The number of rotatable bonds is 2. The first-order valence-corrected chi connectivity index (χ1v) is 4.83. The number of aryl methyl sites for hydroxylation is 1. The summed E-state index contributed by atoms with van der Waals surface area (Å²) in [4.78, 5) is 0. The Bertz CT molecular complexity index is 513. The van der Waals surface area contributed by atoms with Crippen LogP contribution in [0.3, 0.4) is 0 Å². The van der Waals surface area contributed by atoms with E-state index in [4.69, 9.17) is 0 Å². The lowest BCUT2D eigenvalue weighted by Gasteiger charge is -1.99. The van der Waals surface area contributed by atoms with Gasteiger partial charge in [0, 0.05) is 7.05 Å². The van der Waals surface area contributed by atoms with Gasteiger partial charge < -0.3 is 0 Å². The standard InChI is InChI=1S/C11H11FN4/c1-8(11-13-14-15-16(11)2)7-9-3-5-10(12)6-4-9/h3-7H,1-2H3. The van der Waals surface area contributed by atoms with Crippen LogP contribution in [0.25, 0.3) is 11.6 Å². The van der Waals surface area contributed by atoms with E-state index in [-0.39, 0.29) is 5.82 Å².